The van der Waals surface area contributed by atoms with Crippen molar-refractivity contribution in [1.82, 2.24) is 30.3 Å². The topological polar surface area (TPSA) is 104 Å². The van der Waals surface area contributed by atoms with Crippen LogP contribution in [0.2, 0.25) is 0 Å². The Bertz CT molecular complexity index is 1060. The first kappa shape index (κ1) is 21.0. The number of amides is 1. The second kappa shape index (κ2) is 8.49. The molecule has 0 saturated heterocycles. The van der Waals surface area contributed by atoms with Crippen molar-refractivity contribution in [1.29, 1.82) is 0 Å². The molecule has 4 rings (SSSR count). The van der Waals surface area contributed by atoms with Crippen LogP contribution in [0.3, 0.4) is 0 Å². The molecule has 9 heteroatoms. The van der Waals surface area contributed by atoms with Crippen molar-refractivity contribution in [2.75, 3.05) is 7.11 Å². The average molecular weight is 425 g/mol. The van der Waals surface area contributed by atoms with E-state index in [4.69, 9.17) is 14.5 Å². The number of methoxy groups -OCH3 is 1. The van der Waals surface area contributed by atoms with Crippen LogP contribution in [0.5, 0.6) is 5.75 Å². The van der Waals surface area contributed by atoms with E-state index in [9.17, 15) is 4.79 Å². The van der Waals surface area contributed by atoms with E-state index >= 15 is 0 Å². The molecule has 3 aromatic rings. The first-order valence-corrected chi connectivity index (χ1v) is 10.5. The van der Waals surface area contributed by atoms with Crippen molar-refractivity contribution in [3.8, 4) is 11.4 Å². The van der Waals surface area contributed by atoms with E-state index < -0.39 is 5.60 Å². The summed E-state index contributed by atoms with van der Waals surface area (Å²) in [6.45, 7) is 5.59. The standard InChI is InChI=1S/C22H28N6O3/c1-22(2,3)31-21(29)24-15-6-5-14(11-15)12-19-23-13-18-20(25-19)28(27-26-18)16-7-9-17(30-4)10-8-16/h7-10,13-15H,5-6,11-12H2,1-4H3,(H,24,29)/t14-,15+/m0/s1. The second-order valence-corrected chi connectivity index (χ2v) is 8.92. The van der Waals surface area contributed by atoms with Crippen LogP contribution in [-0.4, -0.2) is 49.8 Å². The van der Waals surface area contributed by atoms with Crippen molar-refractivity contribution in [3.05, 3.63) is 36.3 Å². The molecule has 0 unspecified atom stereocenters. The number of benzene rings is 1. The van der Waals surface area contributed by atoms with E-state index in [1.54, 1.807) is 18.0 Å². The van der Waals surface area contributed by atoms with Gasteiger partial charge in [0.1, 0.15) is 17.2 Å². The highest BCUT2D eigenvalue weighted by Crippen LogP contribution is 2.28. The molecule has 1 aromatic carbocycles. The van der Waals surface area contributed by atoms with E-state index in [-0.39, 0.29) is 12.1 Å². The molecule has 0 radical (unpaired) electrons. The minimum absolute atomic E-state index is 0.120. The maximum atomic E-state index is 12.0. The van der Waals surface area contributed by atoms with E-state index in [2.05, 4.69) is 20.6 Å². The molecule has 2 aromatic heterocycles. The maximum absolute atomic E-state index is 12.0. The highest BCUT2D eigenvalue weighted by molar-refractivity contribution is 5.70. The molecule has 2 heterocycles. The lowest BCUT2D eigenvalue weighted by Gasteiger charge is -2.21. The highest BCUT2D eigenvalue weighted by Gasteiger charge is 2.28. The molecular formula is C22H28N6O3. The van der Waals surface area contributed by atoms with Gasteiger partial charge in [0.2, 0.25) is 0 Å². The average Bonchev–Trinajstić information content (AvgIpc) is 3.33. The van der Waals surface area contributed by atoms with Gasteiger partial charge in [0.25, 0.3) is 0 Å². The van der Waals surface area contributed by atoms with Crippen molar-refractivity contribution >= 4 is 17.3 Å². The lowest BCUT2D eigenvalue weighted by molar-refractivity contribution is 0.0504. The van der Waals surface area contributed by atoms with Crippen molar-refractivity contribution < 1.29 is 14.3 Å². The van der Waals surface area contributed by atoms with Crippen LogP contribution < -0.4 is 10.1 Å². The molecule has 1 fully saturated rings. The van der Waals surface area contributed by atoms with E-state index in [1.807, 2.05) is 45.0 Å². The number of ether oxygens (including phenoxy) is 2. The van der Waals surface area contributed by atoms with Crippen molar-refractivity contribution in [3.63, 3.8) is 0 Å². The van der Waals surface area contributed by atoms with E-state index in [1.165, 1.54) is 0 Å². The molecule has 1 N–H and O–H groups in total. The van der Waals surface area contributed by atoms with Gasteiger partial charge in [-0.15, -0.1) is 5.10 Å². The maximum Gasteiger partial charge on any atom is 0.407 e. The summed E-state index contributed by atoms with van der Waals surface area (Å²) in [6.07, 6.45) is 4.93. The van der Waals surface area contributed by atoms with Crippen LogP contribution >= 0.6 is 0 Å². The monoisotopic (exact) mass is 424 g/mol. The summed E-state index contributed by atoms with van der Waals surface area (Å²) in [6, 6.07) is 7.70. The Morgan fingerprint density at radius 3 is 2.71 bits per heavy atom. The molecule has 9 nitrogen and oxygen atoms in total. The Morgan fingerprint density at radius 1 is 1.23 bits per heavy atom. The summed E-state index contributed by atoms with van der Waals surface area (Å²) in [5.41, 5.74) is 1.69. The fourth-order valence-corrected chi connectivity index (χ4v) is 3.88. The molecule has 1 amide bonds. The molecule has 2 atom stereocenters. The molecule has 1 saturated carbocycles. The number of hydrogen-bond donors (Lipinski definition) is 1. The van der Waals surface area contributed by atoms with Crippen LogP contribution in [0, 0.1) is 5.92 Å². The van der Waals surface area contributed by atoms with Gasteiger partial charge in [-0.3, -0.25) is 0 Å². The zero-order valence-electron chi connectivity index (χ0n) is 18.3. The summed E-state index contributed by atoms with van der Waals surface area (Å²) < 4.78 is 12.3. The highest BCUT2D eigenvalue weighted by atomic mass is 16.6. The van der Waals surface area contributed by atoms with Gasteiger partial charge in [-0.2, -0.15) is 4.68 Å². The number of carbonyl (C=O) groups excluding carboxylic acids is 1. The smallest absolute Gasteiger partial charge is 0.407 e. The fourth-order valence-electron chi connectivity index (χ4n) is 3.88. The van der Waals surface area contributed by atoms with Gasteiger partial charge in [0, 0.05) is 12.5 Å². The number of nitrogens with zero attached hydrogens (tertiary/aromatic N) is 5. The summed E-state index contributed by atoms with van der Waals surface area (Å²) in [5, 5.41) is 11.4. The Labute approximate surface area is 181 Å². The second-order valence-electron chi connectivity index (χ2n) is 8.92. The Hall–Kier alpha value is -3.23. The minimum Gasteiger partial charge on any atom is -0.497 e. The van der Waals surface area contributed by atoms with Gasteiger partial charge in [-0.05, 0) is 70.2 Å². The molecule has 1 aliphatic rings. The fraction of sp³-hybridized carbons (Fsp3) is 0.500. The number of aromatic nitrogens is 5. The Morgan fingerprint density at radius 2 is 2.00 bits per heavy atom. The molecule has 1 aliphatic carbocycles. The predicted molar refractivity (Wildman–Crippen MR) is 115 cm³/mol. The first-order valence-electron chi connectivity index (χ1n) is 10.5. The lowest BCUT2D eigenvalue weighted by atomic mass is 10.0. The third-order valence-corrected chi connectivity index (χ3v) is 5.29. The van der Waals surface area contributed by atoms with Crippen LogP contribution in [0.15, 0.2) is 30.5 Å². The zero-order valence-corrected chi connectivity index (χ0v) is 18.3. The molecule has 164 valence electrons. The molecule has 0 spiro atoms. The minimum atomic E-state index is -0.494. The number of hydrogen-bond acceptors (Lipinski definition) is 7. The summed E-state index contributed by atoms with van der Waals surface area (Å²) in [7, 11) is 1.63. The summed E-state index contributed by atoms with van der Waals surface area (Å²) >= 11 is 0. The molecular weight excluding hydrogens is 396 g/mol. The number of alkyl carbamates (subject to hydrolysis) is 1. The van der Waals surface area contributed by atoms with E-state index in [0.717, 1.165) is 42.9 Å². The third-order valence-electron chi connectivity index (χ3n) is 5.29. The summed E-state index contributed by atoms with van der Waals surface area (Å²) in [5.74, 6) is 1.94. The molecule has 0 aliphatic heterocycles. The number of carbonyl (C=O) groups is 1. The van der Waals surface area contributed by atoms with Crippen molar-refractivity contribution in [2.45, 2.75) is 58.1 Å². The quantitative estimate of drug-likeness (QED) is 0.669. The molecule has 0 bridgehead atoms. The van der Waals surface area contributed by atoms with Gasteiger partial charge in [0.05, 0.1) is 19.0 Å². The number of rotatable bonds is 5. The van der Waals surface area contributed by atoms with Crippen LogP contribution in [-0.2, 0) is 11.2 Å². The first-order chi connectivity index (χ1) is 14.8. The van der Waals surface area contributed by atoms with Crippen molar-refractivity contribution in [2.24, 2.45) is 5.92 Å². The van der Waals surface area contributed by atoms with Gasteiger partial charge >= 0.3 is 6.09 Å². The Balaban J connectivity index is 1.43. The lowest BCUT2D eigenvalue weighted by Crippen LogP contribution is -2.38. The van der Waals surface area contributed by atoms with Crippen LogP contribution in [0.4, 0.5) is 4.79 Å². The normalized spacial score (nSPS) is 18.8. The SMILES string of the molecule is COc1ccc(-n2nnc3cnc(C[C@H]4CC[C@@H](NC(=O)OC(C)(C)C)C4)nc32)cc1. The van der Waals surface area contributed by atoms with Gasteiger partial charge in [-0.25, -0.2) is 14.8 Å². The summed E-state index contributed by atoms with van der Waals surface area (Å²) in [4.78, 5) is 21.2. The van der Waals surface area contributed by atoms with E-state index in [0.29, 0.717) is 17.1 Å². The molecule has 31 heavy (non-hydrogen) atoms. The predicted octanol–water partition coefficient (Wildman–Crippen LogP) is 3.46. The Kier molecular flexibility index (Phi) is 5.75. The third kappa shape index (κ3) is 5.10. The van der Waals surface area contributed by atoms with Gasteiger partial charge in [0.15, 0.2) is 11.2 Å². The van der Waals surface area contributed by atoms with Crippen LogP contribution in [0.25, 0.3) is 16.9 Å². The van der Waals surface area contributed by atoms with Gasteiger partial charge < -0.3 is 14.8 Å². The van der Waals surface area contributed by atoms with Crippen LogP contribution in [0.1, 0.15) is 45.9 Å². The zero-order chi connectivity index (χ0) is 22.0. The number of nitrogens with one attached hydrogen (secondary N) is 1. The number of fused-ring (bicyclic) bond motifs is 1. The largest absolute Gasteiger partial charge is 0.497 e. The van der Waals surface area contributed by atoms with Gasteiger partial charge in [-0.1, -0.05) is 5.21 Å².